The second kappa shape index (κ2) is 8.94. The SMILES string of the molecule is CCn1ccnc1CN1CCC[C@H](CCC(=O)Nc2ccccc2F)C1. The molecule has 6 heteroatoms. The molecule has 2 aromatic rings. The van der Waals surface area contributed by atoms with E-state index in [9.17, 15) is 9.18 Å². The van der Waals surface area contributed by atoms with Crippen LogP contribution in [0.5, 0.6) is 0 Å². The van der Waals surface area contributed by atoms with E-state index in [-0.39, 0.29) is 11.6 Å². The van der Waals surface area contributed by atoms with Crippen LogP contribution in [-0.2, 0) is 17.9 Å². The maximum absolute atomic E-state index is 13.6. The number of hydrogen-bond donors (Lipinski definition) is 1. The summed E-state index contributed by atoms with van der Waals surface area (Å²) in [5.74, 6) is 1.09. The summed E-state index contributed by atoms with van der Waals surface area (Å²) in [6.07, 6.45) is 7.42. The molecule has 0 saturated carbocycles. The monoisotopic (exact) mass is 358 g/mol. The molecule has 1 aliphatic heterocycles. The summed E-state index contributed by atoms with van der Waals surface area (Å²) in [4.78, 5) is 19.0. The Morgan fingerprint density at radius 2 is 2.23 bits per heavy atom. The van der Waals surface area contributed by atoms with E-state index >= 15 is 0 Å². The van der Waals surface area contributed by atoms with Crippen LogP contribution in [0.4, 0.5) is 10.1 Å². The lowest BCUT2D eigenvalue weighted by atomic mass is 9.93. The molecule has 3 rings (SSSR count). The zero-order valence-electron chi connectivity index (χ0n) is 15.3. The van der Waals surface area contributed by atoms with E-state index in [1.165, 1.54) is 6.07 Å². The van der Waals surface area contributed by atoms with Crippen LogP contribution in [0.15, 0.2) is 36.7 Å². The molecular formula is C20H27FN4O. The van der Waals surface area contributed by atoms with Crippen LogP contribution in [0.1, 0.15) is 38.4 Å². The molecule has 0 spiro atoms. The Labute approximate surface area is 154 Å². The Balaban J connectivity index is 1.46. The third kappa shape index (κ3) is 4.91. The van der Waals surface area contributed by atoms with E-state index in [1.807, 2.05) is 12.4 Å². The molecular weight excluding hydrogens is 331 g/mol. The Morgan fingerprint density at radius 1 is 1.38 bits per heavy atom. The Bertz CT molecular complexity index is 730. The Kier molecular flexibility index (Phi) is 6.39. The summed E-state index contributed by atoms with van der Waals surface area (Å²) < 4.78 is 15.8. The Hall–Kier alpha value is -2.21. The first-order valence-electron chi connectivity index (χ1n) is 9.42. The van der Waals surface area contributed by atoms with Gasteiger partial charge in [0.1, 0.15) is 11.6 Å². The number of piperidine rings is 1. The Morgan fingerprint density at radius 3 is 3.04 bits per heavy atom. The lowest BCUT2D eigenvalue weighted by Gasteiger charge is -2.32. The molecule has 5 nitrogen and oxygen atoms in total. The minimum atomic E-state index is -0.392. The lowest BCUT2D eigenvalue weighted by molar-refractivity contribution is -0.116. The topological polar surface area (TPSA) is 50.2 Å². The highest BCUT2D eigenvalue weighted by atomic mass is 19.1. The molecule has 0 bridgehead atoms. The molecule has 1 amide bonds. The number of likely N-dealkylation sites (tertiary alicyclic amines) is 1. The fraction of sp³-hybridized carbons (Fsp3) is 0.500. The number of carbonyl (C=O) groups excluding carboxylic acids is 1. The average Bonchev–Trinajstić information content (AvgIpc) is 3.09. The standard InChI is InChI=1S/C20H27FN4O/c1-2-25-13-11-22-19(25)15-24-12-5-6-16(14-24)9-10-20(26)23-18-8-4-3-7-17(18)21/h3-4,7-8,11,13,16H,2,5-6,9-10,12,14-15H2,1H3,(H,23,26)/t16-/m1/s1. The highest BCUT2D eigenvalue weighted by Crippen LogP contribution is 2.23. The first-order chi connectivity index (χ1) is 12.7. The van der Waals surface area contributed by atoms with Gasteiger partial charge >= 0.3 is 0 Å². The third-order valence-electron chi connectivity index (χ3n) is 5.04. The molecule has 1 aromatic heterocycles. The van der Waals surface area contributed by atoms with Crippen molar-refractivity contribution >= 4 is 11.6 Å². The van der Waals surface area contributed by atoms with Crippen LogP contribution >= 0.6 is 0 Å². The van der Waals surface area contributed by atoms with Crippen LogP contribution in [0.2, 0.25) is 0 Å². The summed E-state index contributed by atoms with van der Waals surface area (Å²) in [5.41, 5.74) is 0.258. The van der Waals surface area contributed by atoms with Crippen LogP contribution in [0.3, 0.4) is 0 Å². The third-order valence-corrected chi connectivity index (χ3v) is 5.04. The van der Waals surface area contributed by atoms with Crippen molar-refractivity contribution in [3.63, 3.8) is 0 Å². The number of amides is 1. The molecule has 1 fully saturated rings. The van der Waals surface area contributed by atoms with Crippen LogP contribution in [0, 0.1) is 11.7 Å². The molecule has 26 heavy (non-hydrogen) atoms. The summed E-state index contributed by atoms with van der Waals surface area (Å²) in [6, 6.07) is 6.28. The van der Waals surface area contributed by atoms with Gasteiger partial charge < -0.3 is 9.88 Å². The number of nitrogens with one attached hydrogen (secondary N) is 1. The van der Waals surface area contributed by atoms with Crippen LogP contribution in [0.25, 0.3) is 0 Å². The van der Waals surface area contributed by atoms with Gasteiger partial charge in [-0.3, -0.25) is 9.69 Å². The summed E-state index contributed by atoms with van der Waals surface area (Å²) in [7, 11) is 0. The molecule has 0 aliphatic carbocycles. The first-order valence-corrected chi connectivity index (χ1v) is 9.42. The number of aryl methyl sites for hydroxylation is 1. The van der Waals surface area contributed by atoms with Crippen molar-refractivity contribution < 1.29 is 9.18 Å². The molecule has 1 N–H and O–H groups in total. The second-order valence-corrected chi connectivity index (χ2v) is 6.94. The van der Waals surface area contributed by atoms with E-state index in [2.05, 4.69) is 26.7 Å². The van der Waals surface area contributed by atoms with Crippen molar-refractivity contribution in [3.05, 3.63) is 48.3 Å². The van der Waals surface area contributed by atoms with Gasteiger partial charge in [0.2, 0.25) is 5.91 Å². The van der Waals surface area contributed by atoms with E-state index in [0.717, 1.165) is 51.3 Å². The summed E-state index contributed by atoms with van der Waals surface area (Å²) in [6.45, 7) is 5.98. The number of carbonyl (C=O) groups is 1. The number of imidazole rings is 1. The van der Waals surface area contributed by atoms with Crippen LogP contribution in [-0.4, -0.2) is 33.4 Å². The quantitative estimate of drug-likeness (QED) is 0.821. The summed E-state index contributed by atoms with van der Waals surface area (Å²) in [5, 5.41) is 2.67. The van der Waals surface area contributed by atoms with Gasteiger partial charge in [-0.1, -0.05) is 12.1 Å². The van der Waals surface area contributed by atoms with Crippen molar-refractivity contribution in [1.29, 1.82) is 0 Å². The molecule has 1 saturated heterocycles. The predicted molar refractivity (Wildman–Crippen MR) is 100 cm³/mol. The van der Waals surface area contributed by atoms with E-state index in [0.29, 0.717) is 12.3 Å². The van der Waals surface area contributed by atoms with Gasteiger partial charge in [0, 0.05) is 31.9 Å². The molecule has 2 heterocycles. The molecule has 140 valence electrons. The van der Waals surface area contributed by atoms with Crippen molar-refractivity contribution in [1.82, 2.24) is 14.5 Å². The highest BCUT2D eigenvalue weighted by Gasteiger charge is 2.22. The van der Waals surface area contributed by atoms with Gasteiger partial charge in [0.25, 0.3) is 0 Å². The normalized spacial score (nSPS) is 18.0. The van der Waals surface area contributed by atoms with Gasteiger partial charge in [0.05, 0.1) is 12.2 Å². The number of rotatable bonds is 7. The van der Waals surface area contributed by atoms with Gasteiger partial charge in [-0.05, 0) is 50.8 Å². The van der Waals surface area contributed by atoms with Gasteiger partial charge in [0.15, 0.2) is 0 Å². The number of halogens is 1. The van der Waals surface area contributed by atoms with E-state index in [4.69, 9.17) is 0 Å². The number of benzene rings is 1. The fourth-order valence-corrected chi connectivity index (χ4v) is 3.62. The number of hydrogen-bond acceptors (Lipinski definition) is 3. The predicted octanol–water partition coefficient (Wildman–Crippen LogP) is 3.67. The van der Waals surface area contributed by atoms with E-state index < -0.39 is 5.82 Å². The van der Waals surface area contributed by atoms with Crippen LogP contribution < -0.4 is 5.32 Å². The van der Waals surface area contributed by atoms with Gasteiger partial charge in [-0.2, -0.15) is 0 Å². The number of para-hydroxylation sites is 1. The first kappa shape index (κ1) is 18.6. The molecule has 0 unspecified atom stereocenters. The zero-order valence-corrected chi connectivity index (χ0v) is 15.3. The zero-order chi connectivity index (χ0) is 18.4. The highest BCUT2D eigenvalue weighted by molar-refractivity contribution is 5.90. The molecule has 1 aromatic carbocycles. The van der Waals surface area contributed by atoms with Gasteiger partial charge in [-0.15, -0.1) is 0 Å². The molecule has 1 atom stereocenters. The molecule has 0 radical (unpaired) electrons. The summed E-state index contributed by atoms with van der Waals surface area (Å²) >= 11 is 0. The fourth-order valence-electron chi connectivity index (χ4n) is 3.62. The van der Waals surface area contributed by atoms with Crippen molar-refractivity contribution in [2.75, 3.05) is 18.4 Å². The average molecular weight is 358 g/mol. The number of anilines is 1. The molecule has 1 aliphatic rings. The lowest BCUT2D eigenvalue weighted by Crippen LogP contribution is -2.36. The van der Waals surface area contributed by atoms with Crippen molar-refractivity contribution in [2.45, 2.75) is 45.7 Å². The minimum absolute atomic E-state index is 0.117. The van der Waals surface area contributed by atoms with Crippen molar-refractivity contribution in [2.24, 2.45) is 5.92 Å². The largest absolute Gasteiger partial charge is 0.334 e. The maximum atomic E-state index is 13.6. The smallest absolute Gasteiger partial charge is 0.224 e. The maximum Gasteiger partial charge on any atom is 0.224 e. The number of aromatic nitrogens is 2. The van der Waals surface area contributed by atoms with Gasteiger partial charge in [-0.25, -0.2) is 9.37 Å². The second-order valence-electron chi connectivity index (χ2n) is 6.94. The minimum Gasteiger partial charge on any atom is -0.334 e. The number of nitrogens with zero attached hydrogens (tertiary/aromatic N) is 3. The van der Waals surface area contributed by atoms with E-state index in [1.54, 1.807) is 18.2 Å². The van der Waals surface area contributed by atoms with Crippen molar-refractivity contribution in [3.8, 4) is 0 Å².